The highest BCUT2D eigenvalue weighted by Crippen LogP contribution is 2.25. The van der Waals surface area contributed by atoms with Crippen LogP contribution in [0.25, 0.3) is 0 Å². The molecule has 0 aliphatic heterocycles. The lowest BCUT2D eigenvalue weighted by molar-refractivity contribution is 0.157. The van der Waals surface area contributed by atoms with Gasteiger partial charge in [-0.15, -0.1) is 11.3 Å². The molecule has 74 valence electrons. The minimum Gasteiger partial charge on any atom is -0.388 e. The highest BCUT2D eigenvalue weighted by atomic mass is 127. The largest absolute Gasteiger partial charge is 0.388 e. The first-order valence-corrected chi connectivity index (χ1v) is 6.12. The second-order valence-electron chi connectivity index (χ2n) is 3.28. The van der Waals surface area contributed by atoms with E-state index >= 15 is 0 Å². The van der Waals surface area contributed by atoms with Gasteiger partial charge in [-0.1, -0.05) is 0 Å². The third kappa shape index (κ3) is 3.93. The molecular formula is C9H14INOS. The molecule has 4 heteroatoms. The summed E-state index contributed by atoms with van der Waals surface area (Å²) < 4.78 is 1.21. The Bertz CT molecular complexity index is 262. The zero-order chi connectivity index (χ0) is 9.84. The Hall–Kier alpha value is 0.350. The Kier molecular flexibility index (Phi) is 4.64. The van der Waals surface area contributed by atoms with Gasteiger partial charge in [0.1, 0.15) is 0 Å². The van der Waals surface area contributed by atoms with Crippen LogP contribution in [0.15, 0.2) is 11.4 Å². The first kappa shape index (κ1) is 11.4. The van der Waals surface area contributed by atoms with Crippen LogP contribution in [0, 0.1) is 3.57 Å². The van der Waals surface area contributed by atoms with Gasteiger partial charge in [-0.2, -0.15) is 0 Å². The molecule has 1 aromatic rings. The maximum atomic E-state index is 9.76. The fourth-order valence-electron chi connectivity index (χ4n) is 1.03. The minimum atomic E-state index is -0.295. The topological polar surface area (TPSA) is 23.5 Å². The minimum absolute atomic E-state index is 0.295. The molecule has 1 unspecified atom stereocenters. The molecule has 1 N–H and O–H groups in total. The van der Waals surface area contributed by atoms with Crippen molar-refractivity contribution in [3.63, 3.8) is 0 Å². The Morgan fingerprint density at radius 2 is 2.31 bits per heavy atom. The molecule has 0 bridgehead atoms. The summed E-state index contributed by atoms with van der Waals surface area (Å²) in [5.74, 6) is 0. The van der Waals surface area contributed by atoms with Crippen LogP contribution in [0.1, 0.15) is 17.4 Å². The number of hydrogen-bond acceptors (Lipinski definition) is 3. The molecular weight excluding hydrogens is 297 g/mol. The van der Waals surface area contributed by atoms with Crippen LogP contribution in [0.5, 0.6) is 0 Å². The third-order valence-corrected chi connectivity index (χ3v) is 3.85. The number of rotatable bonds is 4. The first-order valence-electron chi connectivity index (χ1n) is 4.16. The predicted molar refractivity (Wildman–Crippen MR) is 65.2 cm³/mol. The predicted octanol–water partition coefficient (Wildman–Crippen LogP) is 2.34. The lowest BCUT2D eigenvalue weighted by atomic mass is 10.2. The van der Waals surface area contributed by atoms with Crippen molar-refractivity contribution in [3.05, 3.63) is 19.9 Å². The molecule has 0 aromatic carbocycles. The van der Waals surface area contributed by atoms with Crippen molar-refractivity contribution in [2.75, 3.05) is 20.6 Å². The molecule has 0 radical (unpaired) electrons. The summed E-state index contributed by atoms with van der Waals surface area (Å²) in [5, 5.41) is 11.8. The van der Waals surface area contributed by atoms with Crippen LogP contribution in [0.3, 0.4) is 0 Å². The molecule has 1 aromatic heterocycles. The zero-order valence-corrected chi connectivity index (χ0v) is 10.8. The van der Waals surface area contributed by atoms with E-state index in [0.29, 0.717) is 0 Å². The third-order valence-electron chi connectivity index (χ3n) is 1.77. The SMILES string of the molecule is CN(C)CCC(O)c1cc(I)cs1. The number of aliphatic hydroxyl groups excluding tert-OH is 1. The van der Waals surface area contributed by atoms with Crippen molar-refractivity contribution >= 4 is 33.9 Å². The van der Waals surface area contributed by atoms with Gasteiger partial charge in [-0.05, 0) is 49.2 Å². The first-order chi connectivity index (χ1) is 6.09. The summed E-state index contributed by atoms with van der Waals surface area (Å²) >= 11 is 3.90. The van der Waals surface area contributed by atoms with E-state index in [1.807, 2.05) is 20.2 Å². The summed E-state index contributed by atoms with van der Waals surface area (Å²) in [6.45, 7) is 0.926. The molecule has 2 nitrogen and oxygen atoms in total. The lowest BCUT2D eigenvalue weighted by Gasteiger charge is -2.12. The molecule has 0 aliphatic carbocycles. The average molecular weight is 311 g/mol. The number of thiophene rings is 1. The Morgan fingerprint density at radius 1 is 1.62 bits per heavy atom. The van der Waals surface area contributed by atoms with E-state index in [1.54, 1.807) is 11.3 Å². The van der Waals surface area contributed by atoms with Crippen LogP contribution in [0.2, 0.25) is 0 Å². The quantitative estimate of drug-likeness (QED) is 0.863. The van der Waals surface area contributed by atoms with Gasteiger partial charge in [-0.25, -0.2) is 0 Å². The molecule has 1 atom stereocenters. The van der Waals surface area contributed by atoms with Gasteiger partial charge in [-0.3, -0.25) is 0 Å². The van der Waals surface area contributed by atoms with E-state index in [1.165, 1.54) is 3.57 Å². The van der Waals surface area contributed by atoms with E-state index in [0.717, 1.165) is 17.8 Å². The number of hydrogen-bond donors (Lipinski definition) is 1. The van der Waals surface area contributed by atoms with Gasteiger partial charge in [0.05, 0.1) is 6.10 Å². The Morgan fingerprint density at radius 3 is 2.77 bits per heavy atom. The summed E-state index contributed by atoms with van der Waals surface area (Å²) in [6, 6.07) is 2.05. The van der Waals surface area contributed by atoms with Crippen molar-refractivity contribution < 1.29 is 5.11 Å². The molecule has 1 rings (SSSR count). The highest BCUT2D eigenvalue weighted by Gasteiger charge is 2.09. The lowest BCUT2D eigenvalue weighted by Crippen LogP contribution is -2.15. The van der Waals surface area contributed by atoms with Gasteiger partial charge < -0.3 is 10.0 Å². The van der Waals surface area contributed by atoms with Gasteiger partial charge in [0.2, 0.25) is 0 Å². The van der Waals surface area contributed by atoms with Crippen molar-refractivity contribution in [2.45, 2.75) is 12.5 Å². The van der Waals surface area contributed by atoms with E-state index in [9.17, 15) is 5.11 Å². The maximum absolute atomic E-state index is 9.76. The second kappa shape index (κ2) is 5.29. The van der Waals surface area contributed by atoms with Crippen molar-refractivity contribution in [3.8, 4) is 0 Å². The normalized spacial score (nSPS) is 13.6. The van der Waals surface area contributed by atoms with Crippen molar-refractivity contribution in [2.24, 2.45) is 0 Å². The van der Waals surface area contributed by atoms with Gasteiger partial charge >= 0.3 is 0 Å². The summed E-state index contributed by atoms with van der Waals surface area (Å²) in [4.78, 5) is 3.16. The average Bonchev–Trinajstić information content (AvgIpc) is 2.47. The van der Waals surface area contributed by atoms with Gasteiger partial charge in [0.25, 0.3) is 0 Å². The Labute approximate surface area is 96.7 Å². The van der Waals surface area contributed by atoms with Crippen LogP contribution >= 0.6 is 33.9 Å². The molecule has 0 saturated heterocycles. The number of nitrogens with zero attached hydrogens (tertiary/aromatic N) is 1. The van der Waals surface area contributed by atoms with Crippen LogP contribution in [-0.2, 0) is 0 Å². The molecule has 0 fully saturated rings. The molecule has 0 aliphatic rings. The smallest absolute Gasteiger partial charge is 0.0894 e. The summed E-state index contributed by atoms with van der Waals surface area (Å²) in [7, 11) is 4.04. The standard InChI is InChI=1S/C9H14INOS/c1-11(2)4-3-8(12)9-5-7(10)6-13-9/h5-6,8,12H,3-4H2,1-2H3. The van der Waals surface area contributed by atoms with E-state index in [2.05, 4.69) is 32.9 Å². The summed E-state index contributed by atoms with van der Waals surface area (Å²) in [5.41, 5.74) is 0. The Balaban J connectivity index is 2.44. The van der Waals surface area contributed by atoms with Gasteiger partial charge in [0, 0.05) is 20.4 Å². The number of aliphatic hydroxyl groups is 1. The van der Waals surface area contributed by atoms with Crippen molar-refractivity contribution in [1.29, 1.82) is 0 Å². The maximum Gasteiger partial charge on any atom is 0.0894 e. The summed E-state index contributed by atoms with van der Waals surface area (Å²) in [6.07, 6.45) is 0.514. The second-order valence-corrected chi connectivity index (χ2v) is 5.46. The van der Waals surface area contributed by atoms with E-state index in [4.69, 9.17) is 0 Å². The monoisotopic (exact) mass is 311 g/mol. The fourth-order valence-corrected chi connectivity index (χ4v) is 2.74. The zero-order valence-electron chi connectivity index (χ0n) is 7.83. The van der Waals surface area contributed by atoms with Gasteiger partial charge in [0.15, 0.2) is 0 Å². The van der Waals surface area contributed by atoms with Crippen LogP contribution in [0.4, 0.5) is 0 Å². The van der Waals surface area contributed by atoms with E-state index < -0.39 is 0 Å². The molecule has 0 spiro atoms. The molecule has 13 heavy (non-hydrogen) atoms. The molecule has 0 amide bonds. The highest BCUT2D eigenvalue weighted by molar-refractivity contribution is 14.1. The number of halogens is 1. The van der Waals surface area contributed by atoms with Crippen molar-refractivity contribution in [1.82, 2.24) is 4.90 Å². The molecule has 1 heterocycles. The fraction of sp³-hybridized carbons (Fsp3) is 0.556. The molecule has 0 saturated carbocycles. The van der Waals surface area contributed by atoms with E-state index in [-0.39, 0.29) is 6.10 Å². The van der Waals surface area contributed by atoms with Crippen LogP contribution < -0.4 is 0 Å². The van der Waals surface area contributed by atoms with Crippen LogP contribution in [-0.4, -0.2) is 30.6 Å².